The van der Waals surface area contributed by atoms with Crippen LogP contribution in [0.15, 0.2) is 0 Å². The van der Waals surface area contributed by atoms with Crippen LogP contribution in [0.4, 0.5) is 4.79 Å². The number of amides is 1. The fourth-order valence-corrected chi connectivity index (χ4v) is 2.85. The predicted octanol–water partition coefficient (Wildman–Crippen LogP) is 1.37. The SMILES string of the molecule is CCN1CC2CN(C(=O)OC(C)(C)C)CC(C1)C2=O. The summed E-state index contributed by atoms with van der Waals surface area (Å²) in [6.45, 7) is 11.2. The maximum Gasteiger partial charge on any atom is 0.410 e. The number of ether oxygens (including phenoxy) is 1. The molecule has 2 fully saturated rings. The Balaban J connectivity index is 2.01. The summed E-state index contributed by atoms with van der Waals surface area (Å²) in [6.07, 6.45) is -0.292. The predicted molar refractivity (Wildman–Crippen MR) is 71.9 cm³/mol. The van der Waals surface area contributed by atoms with E-state index in [4.69, 9.17) is 4.74 Å². The third kappa shape index (κ3) is 3.26. The van der Waals surface area contributed by atoms with E-state index in [1.165, 1.54) is 0 Å². The Morgan fingerprint density at radius 1 is 1.21 bits per heavy atom. The van der Waals surface area contributed by atoms with Gasteiger partial charge in [0.2, 0.25) is 0 Å². The molecule has 5 heteroatoms. The molecule has 2 aliphatic heterocycles. The first-order chi connectivity index (χ1) is 8.80. The lowest BCUT2D eigenvalue weighted by atomic mass is 9.83. The van der Waals surface area contributed by atoms with Crippen LogP contribution in [0.3, 0.4) is 0 Å². The largest absolute Gasteiger partial charge is 0.444 e. The summed E-state index contributed by atoms with van der Waals surface area (Å²) in [5.41, 5.74) is -0.483. The zero-order valence-electron chi connectivity index (χ0n) is 12.3. The second kappa shape index (κ2) is 5.12. The molecule has 108 valence electrons. The summed E-state index contributed by atoms with van der Waals surface area (Å²) in [5, 5.41) is 0. The van der Waals surface area contributed by atoms with Gasteiger partial charge in [0.05, 0.1) is 0 Å². The molecule has 0 N–H and O–H groups in total. The first-order valence-electron chi connectivity index (χ1n) is 7.04. The summed E-state index contributed by atoms with van der Waals surface area (Å²) >= 11 is 0. The molecule has 0 saturated carbocycles. The van der Waals surface area contributed by atoms with Gasteiger partial charge in [-0.3, -0.25) is 4.79 Å². The van der Waals surface area contributed by atoms with E-state index in [1.807, 2.05) is 20.8 Å². The van der Waals surface area contributed by atoms with Gasteiger partial charge < -0.3 is 14.5 Å². The molecule has 2 saturated heterocycles. The van der Waals surface area contributed by atoms with E-state index in [2.05, 4.69) is 11.8 Å². The molecule has 19 heavy (non-hydrogen) atoms. The molecular formula is C14H24N2O3. The Labute approximate surface area is 114 Å². The molecule has 2 heterocycles. The Bertz CT molecular complexity index is 357. The molecule has 0 aliphatic carbocycles. The Hall–Kier alpha value is -1.10. The van der Waals surface area contributed by atoms with Crippen molar-refractivity contribution in [3.05, 3.63) is 0 Å². The zero-order chi connectivity index (χ0) is 14.2. The first kappa shape index (κ1) is 14.3. The minimum Gasteiger partial charge on any atom is -0.444 e. The molecule has 2 bridgehead atoms. The third-order valence-electron chi connectivity index (χ3n) is 3.74. The van der Waals surface area contributed by atoms with E-state index in [1.54, 1.807) is 4.90 Å². The number of rotatable bonds is 1. The molecule has 1 amide bonds. The van der Waals surface area contributed by atoms with Crippen LogP contribution in [0, 0.1) is 11.8 Å². The maximum absolute atomic E-state index is 12.1. The van der Waals surface area contributed by atoms with E-state index >= 15 is 0 Å². The molecule has 0 aromatic carbocycles. The van der Waals surface area contributed by atoms with Crippen molar-refractivity contribution in [1.29, 1.82) is 0 Å². The molecule has 0 aromatic heterocycles. The molecule has 5 nitrogen and oxygen atoms in total. The van der Waals surface area contributed by atoms with Gasteiger partial charge in [-0.2, -0.15) is 0 Å². The number of hydrogen-bond acceptors (Lipinski definition) is 4. The van der Waals surface area contributed by atoms with Crippen LogP contribution in [0.2, 0.25) is 0 Å². The second-order valence-corrected chi connectivity index (χ2v) is 6.53. The number of ketones is 1. The highest BCUT2D eigenvalue weighted by atomic mass is 16.6. The van der Waals surface area contributed by atoms with Crippen LogP contribution >= 0.6 is 0 Å². The summed E-state index contributed by atoms with van der Waals surface area (Å²) in [4.78, 5) is 28.2. The molecule has 2 atom stereocenters. The number of nitrogens with zero attached hydrogens (tertiary/aromatic N) is 2. The number of likely N-dealkylation sites (tertiary alicyclic amines) is 2. The number of carbonyl (C=O) groups is 2. The first-order valence-corrected chi connectivity index (χ1v) is 7.04. The number of hydrogen-bond donors (Lipinski definition) is 0. The van der Waals surface area contributed by atoms with Gasteiger partial charge in [0.25, 0.3) is 0 Å². The smallest absolute Gasteiger partial charge is 0.410 e. The lowest BCUT2D eigenvalue weighted by Crippen LogP contribution is -2.59. The molecule has 0 spiro atoms. The highest BCUT2D eigenvalue weighted by Crippen LogP contribution is 2.26. The molecular weight excluding hydrogens is 244 g/mol. The third-order valence-corrected chi connectivity index (χ3v) is 3.74. The van der Waals surface area contributed by atoms with Gasteiger partial charge in [-0.05, 0) is 27.3 Å². The Kier molecular flexibility index (Phi) is 3.85. The average Bonchev–Trinajstić information content (AvgIpc) is 2.26. The van der Waals surface area contributed by atoms with Crippen molar-refractivity contribution in [2.75, 3.05) is 32.7 Å². The van der Waals surface area contributed by atoms with Crippen molar-refractivity contribution < 1.29 is 14.3 Å². The standard InChI is InChI=1S/C14H24N2O3/c1-5-15-6-10-8-16(9-11(7-15)12(10)17)13(18)19-14(2,3)4/h10-11H,5-9H2,1-4H3. The van der Waals surface area contributed by atoms with E-state index in [0.717, 1.165) is 19.6 Å². The van der Waals surface area contributed by atoms with Gasteiger partial charge in [-0.15, -0.1) is 0 Å². The number of Topliss-reactive ketones (excluding diaryl/α,β-unsaturated/α-hetero) is 1. The van der Waals surface area contributed by atoms with Gasteiger partial charge in [0.15, 0.2) is 0 Å². The number of fused-ring (bicyclic) bond motifs is 2. The normalized spacial score (nSPS) is 28.4. The van der Waals surface area contributed by atoms with E-state index < -0.39 is 5.60 Å². The Morgan fingerprint density at radius 3 is 2.16 bits per heavy atom. The van der Waals surface area contributed by atoms with Crippen LogP contribution < -0.4 is 0 Å². The van der Waals surface area contributed by atoms with Gasteiger partial charge in [-0.25, -0.2) is 4.79 Å². The fraction of sp³-hybridized carbons (Fsp3) is 0.857. The summed E-state index contributed by atoms with van der Waals surface area (Å²) in [7, 11) is 0. The van der Waals surface area contributed by atoms with Crippen molar-refractivity contribution >= 4 is 11.9 Å². The summed E-state index contributed by atoms with van der Waals surface area (Å²) in [5.74, 6) is 0.240. The van der Waals surface area contributed by atoms with Crippen LogP contribution in [-0.2, 0) is 9.53 Å². The summed E-state index contributed by atoms with van der Waals surface area (Å²) in [6, 6.07) is 0. The van der Waals surface area contributed by atoms with Crippen molar-refractivity contribution in [2.45, 2.75) is 33.3 Å². The monoisotopic (exact) mass is 268 g/mol. The lowest BCUT2D eigenvalue weighted by molar-refractivity contribution is -0.136. The maximum atomic E-state index is 12.1. The molecule has 0 aromatic rings. The fourth-order valence-electron chi connectivity index (χ4n) is 2.85. The minimum atomic E-state index is -0.483. The van der Waals surface area contributed by atoms with Crippen molar-refractivity contribution in [1.82, 2.24) is 9.80 Å². The van der Waals surface area contributed by atoms with Crippen molar-refractivity contribution in [3.63, 3.8) is 0 Å². The molecule has 2 aliphatic rings. The van der Waals surface area contributed by atoms with Gasteiger partial charge in [0.1, 0.15) is 11.4 Å². The van der Waals surface area contributed by atoms with Gasteiger partial charge in [-0.1, -0.05) is 6.92 Å². The Morgan fingerprint density at radius 2 is 1.74 bits per heavy atom. The highest BCUT2D eigenvalue weighted by Gasteiger charge is 2.42. The highest BCUT2D eigenvalue weighted by molar-refractivity contribution is 5.87. The van der Waals surface area contributed by atoms with E-state index in [-0.39, 0.29) is 17.9 Å². The minimum absolute atomic E-state index is 0.0417. The zero-order valence-corrected chi connectivity index (χ0v) is 12.3. The van der Waals surface area contributed by atoms with Crippen LogP contribution in [0.25, 0.3) is 0 Å². The number of carbonyl (C=O) groups excluding carboxylic acids is 2. The van der Waals surface area contributed by atoms with Crippen LogP contribution in [-0.4, -0.2) is 60.0 Å². The van der Waals surface area contributed by atoms with Crippen molar-refractivity contribution in [3.8, 4) is 0 Å². The second-order valence-electron chi connectivity index (χ2n) is 6.53. The quantitative estimate of drug-likeness (QED) is 0.721. The number of piperidine rings is 2. The molecule has 2 rings (SSSR count). The van der Waals surface area contributed by atoms with Crippen LogP contribution in [0.5, 0.6) is 0 Å². The van der Waals surface area contributed by atoms with E-state index in [0.29, 0.717) is 18.9 Å². The average molecular weight is 268 g/mol. The topological polar surface area (TPSA) is 49.9 Å². The van der Waals surface area contributed by atoms with Crippen LogP contribution in [0.1, 0.15) is 27.7 Å². The molecule has 0 radical (unpaired) electrons. The van der Waals surface area contributed by atoms with E-state index in [9.17, 15) is 9.59 Å². The lowest BCUT2D eigenvalue weighted by Gasteiger charge is -2.44. The van der Waals surface area contributed by atoms with Gasteiger partial charge >= 0.3 is 6.09 Å². The van der Waals surface area contributed by atoms with Crippen molar-refractivity contribution in [2.24, 2.45) is 11.8 Å². The summed E-state index contributed by atoms with van der Waals surface area (Å²) < 4.78 is 5.39. The molecule has 2 unspecified atom stereocenters. The van der Waals surface area contributed by atoms with Gasteiger partial charge in [0, 0.05) is 38.0 Å².